The van der Waals surface area contributed by atoms with Crippen LogP contribution in [0.25, 0.3) is 21.7 Å². The molecule has 82 heavy (non-hydrogen) atoms. The molecule has 3 aromatic heterocycles. The van der Waals surface area contributed by atoms with Crippen LogP contribution in [0.1, 0.15) is 120 Å². The van der Waals surface area contributed by atoms with Crippen molar-refractivity contribution in [1.29, 1.82) is 0 Å². The molecule has 0 radical (unpaired) electrons. The fourth-order valence-corrected chi connectivity index (χ4v) is 15.4. The van der Waals surface area contributed by atoms with Gasteiger partial charge in [-0.15, -0.1) is 21.5 Å². The highest BCUT2D eigenvalue weighted by Crippen LogP contribution is 2.41. The van der Waals surface area contributed by atoms with Gasteiger partial charge >= 0.3 is 0 Å². The monoisotopic (exact) mass is 1140 g/mol. The number of aromatic hydroxyl groups is 1. The van der Waals surface area contributed by atoms with E-state index >= 15 is 0 Å². The molecule has 1 aliphatic carbocycles. The van der Waals surface area contributed by atoms with Gasteiger partial charge in [0, 0.05) is 108 Å². The molecule has 2 bridgehead atoms. The molecular formula is C62H84N12O7S. The topological polar surface area (TPSA) is 226 Å². The third-order valence-electron chi connectivity index (χ3n) is 19.5. The standard InChI is InChI=1S/C62H84N12O7S/c1-38(2)57(61(78)73-35-47(75)29-53(73)60(77)65-39(3)42-9-11-43(12-10-42)58-40(4)64-37-82-58)55-31-56(68-81-55)71-23-15-41(16-24-71)32-69-21-17-48(18-22-69)80-49-27-46(28-49)70-25-19-62(79,20-26-70)36-74-44-13-14-45(74)34-72(33-44)52-30-51(66-67-59(52)63)50-7-5-6-8-54(50)76/h5-12,30-31,37-39,41,44-49,53,57,75-76,79H,13-29,32-36H2,1-4H3,(H2,63,67)(H,65,77)/t39-,44+,45?,46?,47+,49?,53-,57+/m0/s1. The molecule has 1 unspecified atom stereocenters. The molecule has 1 saturated carbocycles. The number of ether oxygens (including phenoxy) is 1. The third-order valence-corrected chi connectivity index (χ3v) is 20.5. The Morgan fingerprint density at radius 2 is 1.57 bits per heavy atom. The van der Waals surface area contributed by atoms with Gasteiger partial charge in [0.2, 0.25) is 11.8 Å². The Labute approximate surface area is 486 Å². The molecule has 440 valence electrons. The van der Waals surface area contributed by atoms with Gasteiger partial charge in [-0.2, -0.15) is 0 Å². The Bertz CT molecular complexity index is 2990. The highest BCUT2D eigenvalue weighted by molar-refractivity contribution is 7.13. The summed E-state index contributed by atoms with van der Waals surface area (Å²) in [7, 11) is 0. The number of aryl methyl sites for hydroxylation is 1. The van der Waals surface area contributed by atoms with Crippen molar-refractivity contribution in [3.63, 3.8) is 0 Å². The normalized spacial score (nSPS) is 26.5. The van der Waals surface area contributed by atoms with E-state index in [0.717, 1.165) is 156 Å². The molecule has 6 atom stereocenters. The van der Waals surface area contributed by atoms with Gasteiger partial charge < -0.3 is 55.2 Å². The van der Waals surface area contributed by atoms with Crippen LogP contribution in [0.3, 0.4) is 0 Å². The molecule has 0 spiro atoms. The molecule has 2 amide bonds. The van der Waals surface area contributed by atoms with Crippen molar-refractivity contribution in [2.75, 3.05) is 87.5 Å². The van der Waals surface area contributed by atoms with E-state index in [-0.39, 0.29) is 42.5 Å². The lowest BCUT2D eigenvalue weighted by Gasteiger charge is -2.50. The number of thiazole rings is 1. The third kappa shape index (κ3) is 12.1. The Kier molecular flexibility index (Phi) is 16.7. The van der Waals surface area contributed by atoms with Gasteiger partial charge in [0.15, 0.2) is 17.4 Å². The van der Waals surface area contributed by atoms with Crippen molar-refractivity contribution in [2.24, 2.45) is 11.8 Å². The number of aromatic nitrogens is 4. The number of aliphatic hydroxyl groups is 2. The number of amides is 2. The minimum atomic E-state index is -0.800. The average Bonchev–Trinajstić information content (AvgIpc) is 3.43. The number of carbonyl (C=O) groups excluding carboxylic acids is 2. The van der Waals surface area contributed by atoms with E-state index in [0.29, 0.717) is 65.6 Å². The molecule has 20 heteroatoms. The minimum absolute atomic E-state index is 0.0880. The number of nitrogens with two attached hydrogens (primary N) is 1. The number of rotatable bonds is 17. The van der Waals surface area contributed by atoms with Gasteiger partial charge in [0.1, 0.15) is 17.7 Å². The van der Waals surface area contributed by atoms with Crippen LogP contribution in [0.5, 0.6) is 5.75 Å². The molecule has 7 fully saturated rings. The van der Waals surface area contributed by atoms with Crippen molar-refractivity contribution in [3.8, 4) is 27.4 Å². The van der Waals surface area contributed by atoms with Crippen LogP contribution in [0.2, 0.25) is 0 Å². The number of hydrogen-bond acceptors (Lipinski definition) is 18. The zero-order valence-electron chi connectivity index (χ0n) is 48.2. The molecule has 12 rings (SSSR count). The molecule has 6 saturated heterocycles. The van der Waals surface area contributed by atoms with Crippen LogP contribution in [0.4, 0.5) is 17.3 Å². The summed E-state index contributed by atoms with van der Waals surface area (Å²) in [5.41, 5.74) is 12.7. The number of hydrogen-bond donors (Lipinski definition) is 5. The molecular weight excluding hydrogens is 1060 g/mol. The first kappa shape index (κ1) is 56.7. The zero-order valence-corrected chi connectivity index (χ0v) is 49.0. The summed E-state index contributed by atoms with van der Waals surface area (Å²) in [5, 5.41) is 49.5. The molecule has 6 N–H and O–H groups in total. The van der Waals surface area contributed by atoms with Crippen molar-refractivity contribution in [3.05, 3.63) is 83.2 Å². The lowest BCUT2D eigenvalue weighted by Crippen LogP contribution is -2.61. The number of nitrogen functional groups attached to an aromatic ring is 1. The highest BCUT2D eigenvalue weighted by atomic mass is 32.1. The number of β-amino-alcohol motifs (C(OH)–C–C–N with tert-alkyl or cyclic N) is 1. The van der Waals surface area contributed by atoms with E-state index in [9.17, 15) is 24.9 Å². The van der Waals surface area contributed by atoms with E-state index in [2.05, 4.69) is 50.2 Å². The van der Waals surface area contributed by atoms with Crippen molar-refractivity contribution < 1.29 is 34.2 Å². The van der Waals surface area contributed by atoms with Gasteiger partial charge in [0.05, 0.1) is 57.4 Å². The summed E-state index contributed by atoms with van der Waals surface area (Å²) in [4.78, 5) is 47.7. The maximum atomic E-state index is 14.4. The fourth-order valence-electron chi connectivity index (χ4n) is 14.6. The number of phenols is 1. The van der Waals surface area contributed by atoms with Gasteiger partial charge in [-0.05, 0) is 119 Å². The smallest absolute Gasteiger partial charge is 0.243 e. The Hall–Kier alpha value is -5.74. The number of fused-ring (bicyclic) bond motifs is 2. The molecule has 2 aromatic carbocycles. The summed E-state index contributed by atoms with van der Waals surface area (Å²) >= 11 is 1.60. The molecule has 6 aliphatic heterocycles. The number of para-hydroxylation sites is 1. The number of piperidine rings is 3. The number of nitrogens with one attached hydrogen (secondary N) is 1. The Morgan fingerprint density at radius 3 is 2.26 bits per heavy atom. The number of phenolic OH excluding ortho intramolecular Hbond substituents is 1. The maximum Gasteiger partial charge on any atom is 0.243 e. The minimum Gasteiger partial charge on any atom is -0.507 e. The largest absolute Gasteiger partial charge is 0.507 e. The van der Waals surface area contributed by atoms with Crippen LogP contribution in [-0.2, 0) is 14.3 Å². The maximum absolute atomic E-state index is 14.4. The van der Waals surface area contributed by atoms with Crippen molar-refractivity contribution in [2.45, 2.75) is 158 Å². The molecule has 9 heterocycles. The highest BCUT2D eigenvalue weighted by Gasteiger charge is 2.48. The number of likely N-dealkylation sites (tertiary alicyclic amines) is 3. The van der Waals surface area contributed by atoms with Crippen LogP contribution in [0, 0.1) is 18.8 Å². The predicted molar refractivity (Wildman–Crippen MR) is 316 cm³/mol. The van der Waals surface area contributed by atoms with E-state index in [4.69, 9.17) is 15.0 Å². The second-order valence-electron chi connectivity index (χ2n) is 25.4. The predicted octanol–water partition coefficient (Wildman–Crippen LogP) is 6.84. The van der Waals surface area contributed by atoms with Crippen LogP contribution in [-0.4, -0.2) is 187 Å². The first-order valence-corrected chi connectivity index (χ1v) is 31.3. The summed E-state index contributed by atoms with van der Waals surface area (Å²) in [6, 6.07) is 19.3. The number of aliphatic hydroxyl groups excluding tert-OH is 1. The van der Waals surface area contributed by atoms with Gasteiger partial charge in [-0.1, -0.05) is 55.4 Å². The number of anilines is 3. The summed E-state index contributed by atoms with van der Waals surface area (Å²) in [5.74, 6) is 1.12. The lowest BCUT2D eigenvalue weighted by molar-refractivity contribution is -0.141. The first-order valence-electron chi connectivity index (χ1n) is 30.4. The SMILES string of the molecule is Cc1ncsc1-c1ccc([C@H](C)NC(=O)[C@@H]2C[C@@H](O)CN2C(=O)[C@@H](c2cc(N3CCC(CN4CCC(OC5CC(N6CCC(O)(CN7C8CC[C@@H]7CN(c7cc(-c9ccccc9O)nnc7N)C8)CC6)C5)CC4)CC3)no2)C(C)C)cc1. The second-order valence-corrected chi connectivity index (χ2v) is 26.2. The van der Waals surface area contributed by atoms with E-state index in [1.807, 2.05) is 81.7 Å². The average molecular weight is 1140 g/mol. The van der Waals surface area contributed by atoms with Crippen LogP contribution >= 0.6 is 11.3 Å². The van der Waals surface area contributed by atoms with Crippen LogP contribution < -0.4 is 20.9 Å². The molecule has 19 nitrogen and oxygen atoms in total. The number of carbonyl (C=O) groups is 2. The van der Waals surface area contributed by atoms with E-state index < -0.39 is 23.7 Å². The fraction of sp³-hybridized carbons (Fsp3) is 0.613. The summed E-state index contributed by atoms with van der Waals surface area (Å²) in [6.45, 7) is 17.2. The molecule has 7 aliphatic rings. The zero-order chi connectivity index (χ0) is 56.8. The van der Waals surface area contributed by atoms with Gasteiger partial charge in [-0.25, -0.2) is 4.98 Å². The van der Waals surface area contributed by atoms with Crippen molar-refractivity contribution >= 4 is 40.5 Å². The Morgan fingerprint density at radius 1 is 0.854 bits per heavy atom. The van der Waals surface area contributed by atoms with E-state index in [1.165, 1.54) is 0 Å². The molecule has 5 aromatic rings. The van der Waals surface area contributed by atoms with Gasteiger partial charge in [0.25, 0.3) is 0 Å². The van der Waals surface area contributed by atoms with Crippen molar-refractivity contribution in [1.82, 2.24) is 45.3 Å². The lowest BCUT2D eigenvalue weighted by atomic mass is 9.83. The number of nitrogens with zero attached hydrogens (tertiary/aromatic N) is 10. The van der Waals surface area contributed by atoms with Gasteiger partial charge in [-0.3, -0.25) is 19.4 Å². The number of benzene rings is 2. The first-order chi connectivity index (χ1) is 39.6. The summed E-state index contributed by atoms with van der Waals surface area (Å²) in [6.07, 6.45) is 10.2. The second kappa shape index (κ2) is 24.1. The quantitative estimate of drug-likeness (QED) is 0.0643. The van der Waals surface area contributed by atoms with Crippen LogP contribution in [0.15, 0.2) is 70.7 Å². The number of piperazine rings is 1. The Balaban J connectivity index is 0.546. The summed E-state index contributed by atoms with van der Waals surface area (Å²) < 4.78 is 12.7. The van der Waals surface area contributed by atoms with E-state index in [1.54, 1.807) is 28.4 Å².